The van der Waals surface area contributed by atoms with Gasteiger partial charge in [0.15, 0.2) is 0 Å². The van der Waals surface area contributed by atoms with E-state index in [1.165, 1.54) is 16.9 Å². The van der Waals surface area contributed by atoms with Gasteiger partial charge in [-0.1, -0.05) is 18.6 Å². The molecular formula is C15H24N2O2S2. The van der Waals surface area contributed by atoms with Crippen LogP contribution in [0.2, 0.25) is 0 Å². The van der Waals surface area contributed by atoms with Gasteiger partial charge in [0, 0.05) is 24.5 Å². The topological polar surface area (TPSA) is 49.4 Å². The first-order chi connectivity index (χ1) is 9.96. The number of hydrogen-bond donors (Lipinski definition) is 1. The van der Waals surface area contributed by atoms with Gasteiger partial charge in [0.05, 0.1) is 0 Å². The molecule has 0 saturated carbocycles. The number of nitrogens with one attached hydrogen (secondary N) is 1. The summed E-state index contributed by atoms with van der Waals surface area (Å²) in [5, 5.41) is 5.25. The minimum absolute atomic E-state index is 0.491. The van der Waals surface area contributed by atoms with E-state index in [1.54, 1.807) is 4.31 Å². The summed E-state index contributed by atoms with van der Waals surface area (Å²) in [7, 11) is -3.38. The predicted molar refractivity (Wildman–Crippen MR) is 88.2 cm³/mol. The van der Waals surface area contributed by atoms with Crippen molar-refractivity contribution in [3.8, 4) is 0 Å². The van der Waals surface area contributed by atoms with Crippen LogP contribution in [-0.4, -0.2) is 32.4 Å². The van der Waals surface area contributed by atoms with Crippen LogP contribution >= 0.6 is 11.3 Å². The van der Waals surface area contributed by atoms with Crippen molar-refractivity contribution >= 4 is 21.4 Å². The van der Waals surface area contributed by atoms with E-state index >= 15 is 0 Å². The van der Waals surface area contributed by atoms with Crippen LogP contribution in [0.1, 0.15) is 37.1 Å². The van der Waals surface area contributed by atoms with Gasteiger partial charge in [-0.05, 0) is 44.2 Å². The van der Waals surface area contributed by atoms with E-state index in [4.69, 9.17) is 0 Å². The Bertz CT molecular complexity index is 618. The van der Waals surface area contributed by atoms with Crippen molar-refractivity contribution in [1.29, 1.82) is 0 Å². The van der Waals surface area contributed by atoms with Crippen molar-refractivity contribution in [2.24, 2.45) is 0 Å². The van der Waals surface area contributed by atoms with Gasteiger partial charge < -0.3 is 5.32 Å². The lowest BCUT2D eigenvalue weighted by molar-refractivity contribution is 0.430. The average molecular weight is 329 g/mol. The second-order valence-corrected chi connectivity index (χ2v) is 8.35. The minimum atomic E-state index is -3.38. The van der Waals surface area contributed by atoms with Gasteiger partial charge in [0.1, 0.15) is 4.90 Å². The number of aryl methyl sites for hydroxylation is 1. The molecular weight excluding hydrogens is 304 g/mol. The molecule has 1 aliphatic rings. The summed E-state index contributed by atoms with van der Waals surface area (Å²) < 4.78 is 27.4. The Morgan fingerprint density at radius 2 is 2.14 bits per heavy atom. The maximum Gasteiger partial charge on any atom is 0.244 e. The summed E-state index contributed by atoms with van der Waals surface area (Å²) >= 11 is 1.53. The monoisotopic (exact) mass is 328 g/mol. The zero-order valence-electron chi connectivity index (χ0n) is 13.0. The molecule has 1 N–H and O–H groups in total. The lowest BCUT2D eigenvalue weighted by Gasteiger charge is -2.25. The largest absolute Gasteiger partial charge is 0.312 e. The van der Waals surface area contributed by atoms with E-state index < -0.39 is 10.0 Å². The fourth-order valence-corrected chi connectivity index (χ4v) is 5.55. The zero-order chi connectivity index (χ0) is 15.5. The normalized spacial score (nSPS) is 17.0. The molecule has 0 fully saturated rings. The Kier molecular flexibility index (Phi) is 5.60. The van der Waals surface area contributed by atoms with Gasteiger partial charge in [-0.3, -0.25) is 0 Å². The molecule has 1 aromatic rings. The third-order valence-corrected chi connectivity index (χ3v) is 7.03. The molecule has 0 atom stereocenters. The van der Waals surface area contributed by atoms with Crippen LogP contribution in [-0.2, 0) is 16.6 Å². The molecule has 0 spiro atoms. The highest BCUT2D eigenvalue weighted by atomic mass is 32.2. The number of hydrogen-bond acceptors (Lipinski definition) is 4. The quantitative estimate of drug-likeness (QED) is 0.645. The number of thiophene rings is 1. The highest BCUT2D eigenvalue weighted by Crippen LogP contribution is 2.30. The van der Waals surface area contributed by atoms with E-state index in [1.807, 2.05) is 18.4 Å². The van der Waals surface area contributed by atoms with Gasteiger partial charge in [-0.2, -0.15) is 4.31 Å². The standard InChI is InChI=1S/C15H24N2O2S2/c1-4-7-16-10-14-15(13(3)11-20-14)21(18,19)17-8-5-12(2)6-9-17/h5,11,16H,4,6-10H2,1-3H3. The lowest BCUT2D eigenvalue weighted by atomic mass is 10.1. The molecule has 0 aromatic carbocycles. The van der Waals surface area contributed by atoms with E-state index in [9.17, 15) is 8.42 Å². The fraction of sp³-hybridized carbons (Fsp3) is 0.600. The summed E-state index contributed by atoms with van der Waals surface area (Å²) in [6.07, 6.45) is 3.88. The highest BCUT2D eigenvalue weighted by Gasteiger charge is 2.30. The molecule has 0 saturated heterocycles. The number of sulfonamides is 1. The number of nitrogens with zero attached hydrogens (tertiary/aromatic N) is 1. The Morgan fingerprint density at radius 3 is 2.76 bits per heavy atom. The van der Waals surface area contributed by atoms with Gasteiger partial charge in [-0.25, -0.2) is 8.42 Å². The van der Waals surface area contributed by atoms with E-state index in [2.05, 4.69) is 19.2 Å². The lowest BCUT2D eigenvalue weighted by Crippen LogP contribution is -2.35. The van der Waals surface area contributed by atoms with Crippen molar-refractivity contribution < 1.29 is 8.42 Å². The van der Waals surface area contributed by atoms with E-state index in [0.29, 0.717) is 24.5 Å². The molecule has 6 heteroatoms. The number of rotatable bonds is 6. The summed E-state index contributed by atoms with van der Waals surface area (Å²) in [5.74, 6) is 0. The molecule has 1 aliphatic heterocycles. The molecule has 0 radical (unpaired) electrons. The van der Waals surface area contributed by atoms with E-state index in [-0.39, 0.29) is 0 Å². The van der Waals surface area contributed by atoms with Gasteiger partial charge in [0.25, 0.3) is 0 Å². The highest BCUT2D eigenvalue weighted by molar-refractivity contribution is 7.89. The summed E-state index contributed by atoms with van der Waals surface area (Å²) in [4.78, 5) is 1.44. The first kappa shape index (κ1) is 16.7. The third-order valence-electron chi connectivity index (χ3n) is 3.70. The van der Waals surface area contributed by atoms with Gasteiger partial charge in [0.2, 0.25) is 10.0 Å². The summed E-state index contributed by atoms with van der Waals surface area (Å²) in [6.45, 7) is 8.66. The van der Waals surface area contributed by atoms with Crippen LogP contribution in [0.3, 0.4) is 0 Å². The van der Waals surface area contributed by atoms with Crippen LogP contribution in [0.4, 0.5) is 0 Å². The first-order valence-corrected chi connectivity index (χ1v) is 9.72. The van der Waals surface area contributed by atoms with Crippen LogP contribution in [0.5, 0.6) is 0 Å². The summed E-state index contributed by atoms with van der Waals surface area (Å²) in [5.41, 5.74) is 2.13. The molecule has 0 aliphatic carbocycles. The molecule has 4 nitrogen and oxygen atoms in total. The average Bonchev–Trinajstić information content (AvgIpc) is 2.81. The Balaban J connectivity index is 2.25. The molecule has 0 bridgehead atoms. The van der Waals surface area contributed by atoms with Crippen molar-refractivity contribution in [3.05, 3.63) is 27.5 Å². The van der Waals surface area contributed by atoms with Gasteiger partial charge in [-0.15, -0.1) is 11.3 Å². The SMILES string of the molecule is CCCNCc1scc(C)c1S(=O)(=O)N1CC=C(C)CC1. The first-order valence-electron chi connectivity index (χ1n) is 7.40. The van der Waals surface area contributed by atoms with Crippen molar-refractivity contribution in [3.63, 3.8) is 0 Å². The van der Waals surface area contributed by atoms with Crippen molar-refractivity contribution in [1.82, 2.24) is 9.62 Å². The molecule has 2 rings (SSSR count). The van der Waals surface area contributed by atoms with Crippen LogP contribution in [0.15, 0.2) is 21.9 Å². The maximum absolute atomic E-state index is 12.9. The van der Waals surface area contributed by atoms with Crippen molar-refractivity contribution in [2.75, 3.05) is 19.6 Å². The minimum Gasteiger partial charge on any atom is -0.312 e. The molecule has 2 heterocycles. The van der Waals surface area contributed by atoms with Crippen LogP contribution in [0, 0.1) is 6.92 Å². The maximum atomic E-state index is 12.9. The second kappa shape index (κ2) is 7.05. The second-order valence-electron chi connectivity index (χ2n) is 5.51. The Labute approximate surface area is 131 Å². The Hall–Kier alpha value is -0.690. The smallest absolute Gasteiger partial charge is 0.244 e. The molecule has 0 amide bonds. The van der Waals surface area contributed by atoms with Crippen LogP contribution in [0.25, 0.3) is 0 Å². The Morgan fingerprint density at radius 1 is 1.38 bits per heavy atom. The molecule has 21 heavy (non-hydrogen) atoms. The fourth-order valence-electron chi connectivity index (χ4n) is 2.43. The van der Waals surface area contributed by atoms with Crippen LogP contribution < -0.4 is 5.32 Å². The molecule has 0 unspecified atom stereocenters. The zero-order valence-corrected chi connectivity index (χ0v) is 14.6. The van der Waals surface area contributed by atoms with E-state index in [0.717, 1.165) is 29.8 Å². The van der Waals surface area contributed by atoms with Gasteiger partial charge >= 0.3 is 0 Å². The third kappa shape index (κ3) is 3.74. The van der Waals surface area contributed by atoms with Crippen molar-refractivity contribution in [2.45, 2.75) is 45.1 Å². The summed E-state index contributed by atoms with van der Waals surface area (Å²) in [6, 6.07) is 0. The molecule has 118 valence electrons. The predicted octanol–water partition coefficient (Wildman–Crippen LogP) is 2.90. The molecule has 1 aromatic heterocycles.